The molecule has 0 radical (unpaired) electrons. The van der Waals surface area contributed by atoms with Crippen LogP contribution in [0, 0.1) is 5.82 Å². The number of halogens is 4. The number of carbonyl (C=O) groups is 1. The van der Waals surface area contributed by atoms with E-state index in [1.54, 1.807) is 12.1 Å². The second-order valence-electron chi connectivity index (χ2n) is 4.30. The van der Waals surface area contributed by atoms with Crippen LogP contribution in [0.5, 0.6) is 0 Å². The van der Waals surface area contributed by atoms with Gasteiger partial charge in [-0.25, -0.2) is 4.39 Å². The van der Waals surface area contributed by atoms with Crippen molar-refractivity contribution in [1.29, 1.82) is 0 Å². The first-order valence-electron chi connectivity index (χ1n) is 5.85. The van der Waals surface area contributed by atoms with Crippen molar-refractivity contribution in [2.75, 3.05) is 11.9 Å². The number of anilines is 1. The summed E-state index contributed by atoms with van der Waals surface area (Å²) in [5, 5.41) is 0. The van der Waals surface area contributed by atoms with E-state index in [0.29, 0.717) is 17.8 Å². The summed E-state index contributed by atoms with van der Waals surface area (Å²) in [6.45, 7) is 0. The van der Waals surface area contributed by atoms with Crippen molar-refractivity contribution in [1.82, 2.24) is 4.98 Å². The summed E-state index contributed by atoms with van der Waals surface area (Å²) in [4.78, 5) is 17.0. The molecular formula is C14H10F4N2O. The number of rotatable bonds is 2. The minimum Gasteiger partial charge on any atom is -0.310 e. The zero-order chi connectivity index (χ0) is 15.6. The SMILES string of the molecule is CN(C(=O)c1cc(F)cc(C(F)(F)F)c1)c1cccnc1. The van der Waals surface area contributed by atoms with Gasteiger partial charge >= 0.3 is 6.18 Å². The maximum atomic E-state index is 13.3. The molecule has 21 heavy (non-hydrogen) atoms. The Morgan fingerprint density at radius 3 is 2.52 bits per heavy atom. The van der Waals surface area contributed by atoms with E-state index in [0.717, 1.165) is 11.0 Å². The number of amides is 1. The smallest absolute Gasteiger partial charge is 0.310 e. The van der Waals surface area contributed by atoms with Crippen LogP contribution in [0.25, 0.3) is 0 Å². The molecule has 0 spiro atoms. The molecule has 0 aliphatic carbocycles. The van der Waals surface area contributed by atoms with Gasteiger partial charge in [0.25, 0.3) is 5.91 Å². The van der Waals surface area contributed by atoms with Gasteiger partial charge in [-0.2, -0.15) is 13.2 Å². The van der Waals surface area contributed by atoms with Crippen LogP contribution in [0.4, 0.5) is 23.2 Å². The third kappa shape index (κ3) is 3.36. The summed E-state index contributed by atoms with van der Waals surface area (Å²) < 4.78 is 51.2. The van der Waals surface area contributed by atoms with Gasteiger partial charge in [-0.05, 0) is 30.3 Å². The number of hydrogen-bond donors (Lipinski definition) is 0. The monoisotopic (exact) mass is 298 g/mol. The van der Waals surface area contributed by atoms with Gasteiger partial charge in [0.15, 0.2) is 0 Å². The maximum absolute atomic E-state index is 13.3. The lowest BCUT2D eigenvalue weighted by Crippen LogP contribution is -2.26. The fourth-order valence-corrected chi connectivity index (χ4v) is 1.74. The second-order valence-corrected chi connectivity index (χ2v) is 4.30. The van der Waals surface area contributed by atoms with Crippen LogP contribution in [-0.2, 0) is 6.18 Å². The zero-order valence-corrected chi connectivity index (χ0v) is 10.9. The molecule has 1 heterocycles. The first-order valence-corrected chi connectivity index (χ1v) is 5.85. The summed E-state index contributed by atoms with van der Waals surface area (Å²) >= 11 is 0. The van der Waals surface area contributed by atoms with Crippen LogP contribution in [-0.4, -0.2) is 17.9 Å². The number of nitrogens with zero attached hydrogens (tertiary/aromatic N) is 2. The molecule has 0 atom stereocenters. The summed E-state index contributed by atoms with van der Waals surface area (Å²) in [7, 11) is 1.37. The van der Waals surface area contributed by atoms with Crippen molar-refractivity contribution in [2.24, 2.45) is 0 Å². The predicted octanol–water partition coefficient (Wildman–Crippen LogP) is 3.52. The Hall–Kier alpha value is -2.44. The molecule has 0 saturated heterocycles. The van der Waals surface area contributed by atoms with E-state index in [4.69, 9.17) is 0 Å². The Balaban J connectivity index is 2.38. The summed E-state index contributed by atoms with van der Waals surface area (Å²) in [5.41, 5.74) is -1.19. The Labute approximate surface area is 117 Å². The van der Waals surface area contributed by atoms with E-state index >= 15 is 0 Å². The number of hydrogen-bond acceptors (Lipinski definition) is 2. The van der Waals surface area contributed by atoms with E-state index in [9.17, 15) is 22.4 Å². The molecule has 0 aliphatic rings. The largest absolute Gasteiger partial charge is 0.416 e. The van der Waals surface area contributed by atoms with Gasteiger partial charge in [0.05, 0.1) is 17.4 Å². The summed E-state index contributed by atoms with van der Waals surface area (Å²) in [6.07, 6.45) is -1.85. The van der Waals surface area contributed by atoms with Gasteiger partial charge in [0.2, 0.25) is 0 Å². The highest BCUT2D eigenvalue weighted by molar-refractivity contribution is 6.05. The van der Waals surface area contributed by atoms with Crippen molar-refractivity contribution >= 4 is 11.6 Å². The van der Waals surface area contributed by atoms with Crippen molar-refractivity contribution in [3.05, 3.63) is 59.7 Å². The Morgan fingerprint density at radius 1 is 1.24 bits per heavy atom. The van der Waals surface area contributed by atoms with Crippen LogP contribution in [0.3, 0.4) is 0 Å². The molecule has 3 nitrogen and oxygen atoms in total. The minimum atomic E-state index is -4.72. The quantitative estimate of drug-likeness (QED) is 0.795. The minimum absolute atomic E-state index is 0.348. The third-order valence-corrected chi connectivity index (χ3v) is 2.81. The number of pyridine rings is 1. The molecule has 1 aromatic carbocycles. The third-order valence-electron chi connectivity index (χ3n) is 2.81. The molecule has 0 fully saturated rings. The molecule has 0 bridgehead atoms. The highest BCUT2D eigenvalue weighted by atomic mass is 19.4. The topological polar surface area (TPSA) is 33.2 Å². The lowest BCUT2D eigenvalue weighted by molar-refractivity contribution is -0.137. The molecule has 110 valence electrons. The van der Waals surface area contributed by atoms with Crippen LogP contribution in [0.2, 0.25) is 0 Å². The average molecular weight is 298 g/mol. The van der Waals surface area contributed by atoms with Crippen LogP contribution >= 0.6 is 0 Å². The normalized spacial score (nSPS) is 11.3. The molecule has 2 aromatic rings. The Kier molecular flexibility index (Phi) is 3.93. The van der Waals surface area contributed by atoms with Gasteiger partial charge < -0.3 is 4.90 Å². The number of carbonyl (C=O) groups excluding carboxylic acids is 1. The zero-order valence-electron chi connectivity index (χ0n) is 10.9. The predicted molar refractivity (Wildman–Crippen MR) is 68.4 cm³/mol. The number of alkyl halides is 3. The maximum Gasteiger partial charge on any atom is 0.416 e. The highest BCUT2D eigenvalue weighted by Gasteiger charge is 2.32. The van der Waals surface area contributed by atoms with Crippen LogP contribution in [0.15, 0.2) is 42.7 Å². The van der Waals surface area contributed by atoms with E-state index in [2.05, 4.69) is 4.98 Å². The molecule has 1 aromatic heterocycles. The number of benzene rings is 1. The second kappa shape index (κ2) is 5.51. The molecule has 1 amide bonds. The molecule has 0 N–H and O–H groups in total. The van der Waals surface area contributed by atoms with Gasteiger partial charge in [-0.1, -0.05) is 0 Å². The van der Waals surface area contributed by atoms with E-state index in [1.165, 1.54) is 19.4 Å². The first kappa shape index (κ1) is 15.0. The van der Waals surface area contributed by atoms with Gasteiger partial charge in [-0.3, -0.25) is 9.78 Å². The van der Waals surface area contributed by atoms with E-state index < -0.39 is 23.5 Å². The molecule has 2 rings (SSSR count). The van der Waals surface area contributed by atoms with Crippen molar-refractivity contribution in [3.63, 3.8) is 0 Å². The van der Waals surface area contributed by atoms with Crippen LogP contribution < -0.4 is 4.90 Å². The van der Waals surface area contributed by atoms with Crippen molar-refractivity contribution in [2.45, 2.75) is 6.18 Å². The first-order chi connectivity index (χ1) is 9.79. The molecule has 0 aliphatic heterocycles. The van der Waals surface area contributed by atoms with Gasteiger partial charge in [-0.15, -0.1) is 0 Å². The van der Waals surface area contributed by atoms with E-state index in [-0.39, 0.29) is 5.56 Å². The van der Waals surface area contributed by atoms with Gasteiger partial charge in [0, 0.05) is 18.8 Å². The lowest BCUT2D eigenvalue weighted by Gasteiger charge is -2.17. The molecular weight excluding hydrogens is 288 g/mol. The standard InChI is InChI=1S/C14H10F4N2O/c1-20(12-3-2-4-19-8-12)13(21)9-5-10(14(16,17)18)7-11(15)6-9/h2-8H,1H3. The fraction of sp³-hybridized carbons (Fsp3) is 0.143. The molecule has 7 heteroatoms. The van der Waals surface area contributed by atoms with Gasteiger partial charge in [0.1, 0.15) is 5.82 Å². The Morgan fingerprint density at radius 2 is 1.95 bits per heavy atom. The number of aromatic nitrogens is 1. The highest BCUT2D eigenvalue weighted by Crippen LogP contribution is 2.30. The molecule has 0 saturated carbocycles. The van der Waals surface area contributed by atoms with E-state index in [1.807, 2.05) is 0 Å². The van der Waals surface area contributed by atoms with Crippen molar-refractivity contribution in [3.8, 4) is 0 Å². The molecule has 0 unspecified atom stereocenters. The van der Waals surface area contributed by atoms with Crippen molar-refractivity contribution < 1.29 is 22.4 Å². The fourth-order valence-electron chi connectivity index (χ4n) is 1.74. The average Bonchev–Trinajstić information content (AvgIpc) is 2.45. The Bertz CT molecular complexity index is 656. The summed E-state index contributed by atoms with van der Waals surface area (Å²) in [5.74, 6) is -1.87. The lowest BCUT2D eigenvalue weighted by atomic mass is 10.1. The van der Waals surface area contributed by atoms with Crippen LogP contribution in [0.1, 0.15) is 15.9 Å². The summed E-state index contributed by atoms with van der Waals surface area (Å²) in [6, 6.07) is 4.88.